The molecule has 0 aromatic heterocycles. The number of hydrogen-bond acceptors (Lipinski definition) is 1. The van der Waals surface area contributed by atoms with Gasteiger partial charge in [0.2, 0.25) is 0 Å². The van der Waals surface area contributed by atoms with Crippen LogP contribution in [0.2, 0.25) is 0 Å². The van der Waals surface area contributed by atoms with Crippen LogP contribution in [0.1, 0.15) is 47.5 Å². The highest BCUT2D eigenvalue weighted by molar-refractivity contribution is 4.96. The van der Waals surface area contributed by atoms with E-state index in [0.29, 0.717) is 5.92 Å². The lowest BCUT2D eigenvalue weighted by molar-refractivity contribution is -0.0439. The second-order valence-corrected chi connectivity index (χ2v) is 5.83. The highest BCUT2D eigenvalue weighted by atomic mass is 16.3. The van der Waals surface area contributed by atoms with E-state index in [-0.39, 0.29) is 5.41 Å². The minimum Gasteiger partial charge on any atom is -0.390 e. The van der Waals surface area contributed by atoms with Crippen molar-refractivity contribution in [2.45, 2.75) is 53.1 Å². The van der Waals surface area contributed by atoms with Crippen LogP contribution in [0.5, 0.6) is 0 Å². The molecule has 12 heavy (non-hydrogen) atoms. The maximum Gasteiger partial charge on any atom is 0.0627 e. The normalized spacial score (nSPS) is 22.5. The summed E-state index contributed by atoms with van der Waals surface area (Å²) in [6, 6.07) is 0. The molecule has 0 bridgehead atoms. The van der Waals surface area contributed by atoms with Gasteiger partial charge in [-0.2, -0.15) is 0 Å². The van der Waals surface area contributed by atoms with Crippen molar-refractivity contribution in [1.82, 2.24) is 0 Å². The molecule has 1 fully saturated rings. The van der Waals surface area contributed by atoms with Gasteiger partial charge in [-0.25, -0.2) is 0 Å². The van der Waals surface area contributed by atoms with Crippen LogP contribution >= 0.6 is 0 Å². The third-order valence-electron chi connectivity index (χ3n) is 2.79. The summed E-state index contributed by atoms with van der Waals surface area (Å²) in [6.07, 6.45) is 2.62. The molecule has 0 amide bonds. The fourth-order valence-electron chi connectivity index (χ4n) is 2.77. The fourth-order valence-corrected chi connectivity index (χ4v) is 2.77. The van der Waals surface area contributed by atoms with Gasteiger partial charge in [0.15, 0.2) is 0 Å². The lowest BCUT2D eigenvalue weighted by Gasteiger charge is -2.39. The zero-order chi connectivity index (χ0) is 9.57. The Morgan fingerprint density at radius 2 is 1.50 bits per heavy atom. The molecule has 0 aromatic rings. The quantitative estimate of drug-likeness (QED) is 0.675. The summed E-state index contributed by atoms with van der Waals surface area (Å²) in [4.78, 5) is 0. The third kappa shape index (κ3) is 2.22. The van der Waals surface area contributed by atoms with Crippen LogP contribution in [0.3, 0.4) is 0 Å². The van der Waals surface area contributed by atoms with Crippen molar-refractivity contribution in [3.63, 3.8) is 0 Å². The molecule has 1 atom stereocenters. The van der Waals surface area contributed by atoms with Crippen LogP contribution in [0.15, 0.2) is 0 Å². The van der Waals surface area contributed by atoms with E-state index in [4.69, 9.17) is 0 Å². The smallest absolute Gasteiger partial charge is 0.0627 e. The molecule has 1 aliphatic carbocycles. The molecule has 1 aliphatic rings. The molecule has 1 nitrogen and oxygen atoms in total. The molecule has 0 saturated heterocycles. The molecule has 0 heterocycles. The first-order chi connectivity index (χ1) is 5.23. The average molecular weight is 170 g/mol. The lowest BCUT2D eigenvalue weighted by Crippen LogP contribution is -2.41. The molecule has 72 valence electrons. The van der Waals surface area contributed by atoms with E-state index in [1.165, 1.54) is 12.8 Å². The standard InChI is InChI=1S/C11H22O/c1-10(2,3)9(8-6-7-8)11(4,5)12/h8-9,12H,6-7H2,1-5H3. The van der Waals surface area contributed by atoms with E-state index < -0.39 is 5.60 Å². The van der Waals surface area contributed by atoms with E-state index in [1.807, 2.05) is 13.8 Å². The van der Waals surface area contributed by atoms with Crippen molar-refractivity contribution in [2.24, 2.45) is 17.3 Å². The molecule has 0 spiro atoms. The van der Waals surface area contributed by atoms with Gasteiger partial charge < -0.3 is 5.11 Å². The van der Waals surface area contributed by atoms with Crippen molar-refractivity contribution >= 4 is 0 Å². The average Bonchev–Trinajstić information content (AvgIpc) is 2.38. The first kappa shape index (κ1) is 10.0. The Kier molecular flexibility index (Phi) is 2.28. The predicted octanol–water partition coefficient (Wildman–Crippen LogP) is 2.83. The summed E-state index contributed by atoms with van der Waals surface area (Å²) in [5.74, 6) is 1.22. The van der Waals surface area contributed by atoms with Crippen LogP contribution < -0.4 is 0 Å². The summed E-state index contributed by atoms with van der Waals surface area (Å²) in [5.41, 5.74) is -0.279. The molecular weight excluding hydrogens is 148 g/mol. The molecule has 1 heteroatoms. The van der Waals surface area contributed by atoms with Gasteiger partial charge in [0.1, 0.15) is 0 Å². The fraction of sp³-hybridized carbons (Fsp3) is 1.00. The number of hydrogen-bond donors (Lipinski definition) is 1. The minimum atomic E-state index is -0.514. The van der Waals surface area contributed by atoms with Gasteiger partial charge >= 0.3 is 0 Å². The Morgan fingerprint density at radius 1 is 1.08 bits per heavy atom. The van der Waals surface area contributed by atoms with Gasteiger partial charge in [-0.3, -0.25) is 0 Å². The van der Waals surface area contributed by atoms with Crippen LogP contribution in [-0.2, 0) is 0 Å². The zero-order valence-corrected chi connectivity index (χ0v) is 9.02. The third-order valence-corrected chi connectivity index (χ3v) is 2.79. The van der Waals surface area contributed by atoms with E-state index in [9.17, 15) is 5.11 Å². The summed E-state index contributed by atoms with van der Waals surface area (Å²) in [5, 5.41) is 10.0. The summed E-state index contributed by atoms with van der Waals surface area (Å²) in [7, 11) is 0. The lowest BCUT2D eigenvalue weighted by atomic mass is 9.69. The number of rotatable bonds is 2. The predicted molar refractivity (Wildman–Crippen MR) is 52.0 cm³/mol. The van der Waals surface area contributed by atoms with Gasteiger partial charge in [0, 0.05) is 0 Å². The topological polar surface area (TPSA) is 20.2 Å². The molecule has 0 aromatic carbocycles. The Balaban J connectivity index is 2.74. The van der Waals surface area contributed by atoms with Crippen molar-refractivity contribution < 1.29 is 5.11 Å². The molecule has 1 rings (SSSR count). The first-order valence-corrected chi connectivity index (χ1v) is 4.95. The Hall–Kier alpha value is -0.0400. The van der Waals surface area contributed by atoms with Gasteiger partial charge in [0.05, 0.1) is 5.60 Å². The van der Waals surface area contributed by atoms with Gasteiger partial charge in [-0.05, 0) is 43.9 Å². The Bertz CT molecular complexity index is 141. The number of aliphatic hydroxyl groups is 1. The second-order valence-electron chi connectivity index (χ2n) is 5.83. The minimum absolute atomic E-state index is 0.236. The van der Waals surface area contributed by atoms with Crippen molar-refractivity contribution in [3.05, 3.63) is 0 Å². The Labute approximate surface area is 76.2 Å². The highest BCUT2D eigenvalue weighted by Gasteiger charge is 2.46. The van der Waals surface area contributed by atoms with Crippen LogP contribution in [0, 0.1) is 17.3 Å². The van der Waals surface area contributed by atoms with E-state index >= 15 is 0 Å². The molecular formula is C11H22O. The second kappa shape index (κ2) is 2.73. The van der Waals surface area contributed by atoms with Crippen molar-refractivity contribution in [3.8, 4) is 0 Å². The zero-order valence-electron chi connectivity index (χ0n) is 9.02. The summed E-state index contributed by atoms with van der Waals surface area (Å²) >= 11 is 0. The molecule has 1 N–H and O–H groups in total. The Morgan fingerprint density at radius 3 is 1.58 bits per heavy atom. The van der Waals surface area contributed by atoms with Gasteiger partial charge in [-0.15, -0.1) is 0 Å². The van der Waals surface area contributed by atoms with E-state index in [1.54, 1.807) is 0 Å². The largest absolute Gasteiger partial charge is 0.390 e. The van der Waals surface area contributed by atoms with E-state index in [2.05, 4.69) is 20.8 Å². The van der Waals surface area contributed by atoms with Crippen LogP contribution in [-0.4, -0.2) is 10.7 Å². The van der Waals surface area contributed by atoms with Crippen molar-refractivity contribution in [1.29, 1.82) is 0 Å². The summed E-state index contributed by atoms with van der Waals surface area (Å²) in [6.45, 7) is 10.6. The maximum atomic E-state index is 10.0. The maximum absolute atomic E-state index is 10.0. The van der Waals surface area contributed by atoms with Crippen LogP contribution in [0.25, 0.3) is 0 Å². The molecule has 0 radical (unpaired) electrons. The SMILES string of the molecule is CC(C)(C)C(C1CC1)C(C)(C)O. The van der Waals surface area contributed by atoms with Gasteiger partial charge in [-0.1, -0.05) is 20.8 Å². The molecule has 1 unspecified atom stereocenters. The van der Waals surface area contributed by atoms with E-state index in [0.717, 1.165) is 5.92 Å². The highest BCUT2D eigenvalue weighted by Crippen LogP contribution is 2.50. The summed E-state index contributed by atoms with van der Waals surface area (Å²) < 4.78 is 0. The van der Waals surface area contributed by atoms with Crippen LogP contribution in [0.4, 0.5) is 0 Å². The van der Waals surface area contributed by atoms with Gasteiger partial charge in [0.25, 0.3) is 0 Å². The first-order valence-electron chi connectivity index (χ1n) is 4.95. The van der Waals surface area contributed by atoms with Crippen molar-refractivity contribution in [2.75, 3.05) is 0 Å². The monoisotopic (exact) mass is 170 g/mol. The molecule has 0 aliphatic heterocycles. The molecule has 1 saturated carbocycles.